The summed E-state index contributed by atoms with van der Waals surface area (Å²) in [5, 5.41) is 2.75. The molecule has 1 amide bonds. The molecule has 0 saturated heterocycles. The third-order valence-corrected chi connectivity index (χ3v) is 4.23. The summed E-state index contributed by atoms with van der Waals surface area (Å²) in [6, 6.07) is 18.5. The SMILES string of the molecule is COC(=O)[C@H](Cc1ccccc1)NC(=O)CSc1ccccc1. The van der Waals surface area contributed by atoms with E-state index in [2.05, 4.69) is 5.32 Å². The molecular formula is C18H19NO3S. The number of hydrogen-bond acceptors (Lipinski definition) is 4. The predicted molar refractivity (Wildman–Crippen MR) is 91.3 cm³/mol. The fourth-order valence-corrected chi connectivity index (χ4v) is 2.82. The minimum absolute atomic E-state index is 0.190. The lowest BCUT2D eigenvalue weighted by atomic mass is 10.1. The number of hydrogen-bond donors (Lipinski definition) is 1. The van der Waals surface area contributed by atoms with Crippen LogP contribution in [0.15, 0.2) is 65.6 Å². The number of carbonyl (C=O) groups excluding carboxylic acids is 2. The number of methoxy groups -OCH3 is 1. The molecular weight excluding hydrogens is 310 g/mol. The molecule has 23 heavy (non-hydrogen) atoms. The second-order valence-electron chi connectivity index (χ2n) is 4.93. The number of amides is 1. The summed E-state index contributed by atoms with van der Waals surface area (Å²) in [4.78, 5) is 25.0. The van der Waals surface area contributed by atoms with Crippen molar-refractivity contribution >= 4 is 23.6 Å². The van der Waals surface area contributed by atoms with Crippen LogP contribution in [0.25, 0.3) is 0 Å². The summed E-state index contributed by atoms with van der Waals surface area (Å²) in [7, 11) is 1.32. The Morgan fingerprint density at radius 2 is 1.65 bits per heavy atom. The van der Waals surface area contributed by atoms with Crippen LogP contribution in [0.1, 0.15) is 5.56 Å². The maximum Gasteiger partial charge on any atom is 0.328 e. The fourth-order valence-electron chi connectivity index (χ4n) is 2.09. The second kappa shape index (κ2) is 9.00. The van der Waals surface area contributed by atoms with Crippen molar-refractivity contribution in [2.45, 2.75) is 17.4 Å². The monoisotopic (exact) mass is 329 g/mol. The van der Waals surface area contributed by atoms with Gasteiger partial charge in [-0.25, -0.2) is 4.79 Å². The lowest BCUT2D eigenvalue weighted by molar-refractivity contribution is -0.144. The van der Waals surface area contributed by atoms with E-state index in [1.807, 2.05) is 60.7 Å². The Morgan fingerprint density at radius 3 is 2.26 bits per heavy atom. The van der Waals surface area contributed by atoms with Crippen LogP contribution < -0.4 is 5.32 Å². The van der Waals surface area contributed by atoms with Gasteiger partial charge >= 0.3 is 5.97 Å². The Kier molecular flexibility index (Phi) is 6.69. The molecule has 0 saturated carbocycles. The first-order chi connectivity index (χ1) is 11.2. The van der Waals surface area contributed by atoms with Gasteiger partial charge in [-0.1, -0.05) is 48.5 Å². The Bertz CT molecular complexity index is 631. The van der Waals surface area contributed by atoms with Gasteiger partial charge in [-0.3, -0.25) is 4.79 Å². The van der Waals surface area contributed by atoms with Crippen molar-refractivity contribution in [2.24, 2.45) is 0 Å². The molecule has 0 radical (unpaired) electrons. The largest absolute Gasteiger partial charge is 0.467 e. The van der Waals surface area contributed by atoms with Gasteiger partial charge < -0.3 is 10.1 Å². The van der Waals surface area contributed by atoms with Gasteiger partial charge in [0.1, 0.15) is 6.04 Å². The number of carbonyl (C=O) groups is 2. The van der Waals surface area contributed by atoms with Gasteiger partial charge in [-0.2, -0.15) is 0 Å². The normalized spacial score (nSPS) is 11.5. The fraction of sp³-hybridized carbons (Fsp3) is 0.222. The number of nitrogens with one attached hydrogen (secondary N) is 1. The van der Waals surface area contributed by atoms with Crippen molar-refractivity contribution in [3.63, 3.8) is 0 Å². The smallest absolute Gasteiger partial charge is 0.328 e. The van der Waals surface area contributed by atoms with Gasteiger partial charge in [0.2, 0.25) is 5.91 Å². The van der Waals surface area contributed by atoms with E-state index in [1.165, 1.54) is 18.9 Å². The average molecular weight is 329 g/mol. The zero-order valence-electron chi connectivity index (χ0n) is 12.9. The number of esters is 1. The predicted octanol–water partition coefficient (Wildman–Crippen LogP) is 2.68. The highest BCUT2D eigenvalue weighted by Gasteiger charge is 2.21. The zero-order valence-corrected chi connectivity index (χ0v) is 13.7. The van der Waals surface area contributed by atoms with Gasteiger partial charge in [0.05, 0.1) is 12.9 Å². The summed E-state index contributed by atoms with van der Waals surface area (Å²) in [5.41, 5.74) is 0.971. The van der Waals surface area contributed by atoms with Crippen LogP contribution in [0.3, 0.4) is 0 Å². The van der Waals surface area contributed by atoms with Gasteiger partial charge in [0.25, 0.3) is 0 Å². The highest BCUT2D eigenvalue weighted by atomic mass is 32.2. The molecule has 0 spiro atoms. The maximum atomic E-state index is 12.1. The highest BCUT2D eigenvalue weighted by molar-refractivity contribution is 8.00. The van der Waals surface area contributed by atoms with E-state index in [0.717, 1.165) is 10.5 Å². The maximum absolute atomic E-state index is 12.1. The van der Waals surface area contributed by atoms with Crippen LogP contribution in [0.4, 0.5) is 0 Å². The van der Waals surface area contributed by atoms with Gasteiger partial charge in [0.15, 0.2) is 0 Å². The van der Waals surface area contributed by atoms with Crippen LogP contribution in [-0.4, -0.2) is 30.8 Å². The molecule has 1 N–H and O–H groups in total. The molecule has 1 atom stereocenters. The van der Waals surface area contributed by atoms with E-state index < -0.39 is 12.0 Å². The molecule has 4 nitrogen and oxygen atoms in total. The van der Waals surface area contributed by atoms with Crippen LogP contribution in [0, 0.1) is 0 Å². The summed E-state index contributed by atoms with van der Waals surface area (Å²) in [5.74, 6) is -0.371. The first kappa shape index (κ1) is 17.1. The van der Waals surface area contributed by atoms with Crippen molar-refractivity contribution in [3.05, 3.63) is 66.2 Å². The van der Waals surface area contributed by atoms with E-state index in [0.29, 0.717) is 6.42 Å². The Labute approximate surface area is 140 Å². The number of thioether (sulfide) groups is 1. The van der Waals surface area contributed by atoms with Crippen molar-refractivity contribution in [3.8, 4) is 0 Å². The molecule has 0 aliphatic rings. The molecule has 0 aromatic heterocycles. The summed E-state index contributed by atoms with van der Waals surface area (Å²) >= 11 is 1.43. The van der Waals surface area contributed by atoms with Crippen LogP contribution >= 0.6 is 11.8 Å². The molecule has 5 heteroatoms. The van der Waals surface area contributed by atoms with E-state index in [9.17, 15) is 9.59 Å². The first-order valence-electron chi connectivity index (χ1n) is 7.28. The summed E-state index contributed by atoms with van der Waals surface area (Å²) in [6.45, 7) is 0. The van der Waals surface area contributed by atoms with Crippen molar-refractivity contribution in [2.75, 3.05) is 12.9 Å². The third kappa shape index (κ3) is 5.79. The lowest BCUT2D eigenvalue weighted by Gasteiger charge is -2.16. The molecule has 0 aliphatic carbocycles. The Morgan fingerprint density at radius 1 is 1.04 bits per heavy atom. The minimum atomic E-state index is -0.675. The Balaban J connectivity index is 1.91. The molecule has 0 heterocycles. The summed E-state index contributed by atoms with van der Waals surface area (Å²) < 4.78 is 4.79. The molecule has 0 bridgehead atoms. The summed E-state index contributed by atoms with van der Waals surface area (Å²) in [6.07, 6.45) is 0.412. The van der Waals surface area contributed by atoms with Crippen molar-refractivity contribution < 1.29 is 14.3 Å². The second-order valence-corrected chi connectivity index (χ2v) is 5.98. The lowest BCUT2D eigenvalue weighted by Crippen LogP contribution is -2.43. The molecule has 120 valence electrons. The van der Waals surface area contributed by atoms with Gasteiger partial charge in [-0.05, 0) is 17.7 Å². The van der Waals surface area contributed by atoms with E-state index in [4.69, 9.17) is 4.74 Å². The van der Waals surface area contributed by atoms with Crippen molar-refractivity contribution in [1.29, 1.82) is 0 Å². The number of benzene rings is 2. The van der Waals surface area contributed by atoms with E-state index >= 15 is 0 Å². The molecule has 2 rings (SSSR count). The minimum Gasteiger partial charge on any atom is -0.467 e. The average Bonchev–Trinajstić information content (AvgIpc) is 2.60. The standard InChI is InChI=1S/C18H19NO3S/c1-22-18(21)16(12-14-8-4-2-5-9-14)19-17(20)13-23-15-10-6-3-7-11-15/h2-11,16H,12-13H2,1H3,(H,19,20)/t16-/m0/s1. The van der Waals surface area contributed by atoms with Gasteiger partial charge in [-0.15, -0.1) is 11.8 Å². The van der Waals surface area contributed by atoms with E-state index in [1.54, 1.807) is 0 Å². The first-order valence-corrected chi connectivity index (χ1v) is 8.26. The quantitative estimate of drug-likeness (QED) is 0.627. The molecule has 0 fully saturated rings. The van der Waals surface area contributed by atoms with Crippen LogP contribution in [0.5, 0.6) is 0 Å². The molecule has 2 aromatic carbocycles. The van der Waals surface area contributed by atoms with Crippen molar-refractivity contribution in [1.82, 2.24) is 5.32 Å². The molecule has 0 aliphatic heterocycles. The number of ether oxygens (including phenoxy) is 1. The molecule has 2 aromatic rings. The molecule has 0 unspecified atom stereocenters. The highest BCUT2D eigenvalue weighted by Crippen LogP contribution is 2.16. The third-order valence-electron chi connectivity index (χ3n) is 3.22. The van der Waals surface area contributed by atoms with Crippen LogP contribution in [-0.2, 0) is 20.7 Å². The zero-order chi connectivity index (χ0) is 16.5. The van der Waals surface area contributed by atoms with Gasteiger partial charge in [0, 0.05) is 11.3 Å². The topological polar surface area (TPSA) is 55.4 Å². The van der Waals surface area contributed by atoms with Crippen LogP contribution in [0.2, 0.25) is 0 Å². The van der Waals surface area contributed by atoms with E-state index in [-0.39, 0.29) is 11.7 Å². The number of rotatable bonds is 7. The Hall–Kier alpha value is -2.27.